The van der Waals surface area contributed by atoms with E-state index < -0.39 is 9.84 Å². The van der Waals surface area contributed by atoms with Crippen molar-refractivity contribution in [2.24, 2.45) is 0 Å². The quantitative estimate of drug-likeness (QED) is 0.723. The lowest BCUT2D eigenvalue weighted by Crippen LogP contribution is -2.21. The van der Waals surface area contributed by atoms with E-state index in [9.17, 15) is 8.42 Å². The Labute approximate surface area is 87.2 Å². The number of sulfone groups is 1. The lowest BCUT2D eigenvalue weighted by Gasteiger charge is -2.09. The van der Waals surface area contributed by atoms with Crippen LogP contribution in [0.3, 0.4) is 0 Å². The van der Waals surface area contributed by atoms with Gasteiger partial charge in [-0.2, -0.15) is 0 Å². The van der Waals surface area contributed by atoms with Crippen molar-refractivity contribution in [3.05, 3.63) is 23.9 Å². The summed E-state index contributed by atoms with van der Waals surface area (Å²) in [6.45, 7) is 0. The molecule has 2 heterocycles. The van der Waals surface area contributed by atoms with Gasteiger partial charge in [0.25, 0.3) is 0 Å². The van der Waals surface area contributed by atoms with E-state index >= 15 is 0 Å². The summed E-state index contributed by atoms with van der Waals surface area (Å²) >= 11 is 0. The largest absolute Gasteiger partial charge is 0.382 e. The second-order valence-corrected chi connectivity index (χ2v) is 5.17. The van der Waals surface area contributed by atoms with Gasteiger partial charge in [0.05, 0.1) is 24.2 Å². The summed E-state index contributed by atoms with van der Waals surface area (Å²) in [6.07, 6.45) is 4.50. The van der Waals surface area contributed by atoms with Crippen LogP contribution in [0.2, 0.25) is 0 Å². The molecule has 6 nitrogen and oxygen atoms in total. The predicted molar refractivity (Wildman–Crippen MR) is 56.8 cm³/mol. The number of aromatic nitrogens is 2. The van der Waals surface area contributed by atoms with Crippen molar-refractivity contribution in [2.75, 3.05) is 16.8 Å². The number of rotatable bonds is 2. The van der Waals surface area contributed by atoms with Crippen molar-refractivity contribution < 1.29 is 8.42 Å². The Morgan fingerprint density at radius 1 is 1.47 bits per heavy atom. The normalized spacial score (nSPS) is 22.8. The Morgan fingerprint density at radius 2 is 2.27 bits per heavy atom. The number of anilines is 2. The van der Waals surface area contributed by atoms with E-state index in [2.05, 4.69) is 15.3 Å². The smallest absolute Gasteiger partial charge is 0.173 e. The molecule has 0 aliphatic carbocycles. The number of nitrogen functional groups attached to an aromatic ring is 1. The minimum Gasteiger partial charge on any atom is -0.382 e. The van der Waals surface area contributed by atoms with Gasteiger partial charge in [-0.25, -0.2) is 13.4 Å². The average molecular weight is 226 g/mol. The number of hydrogen-bond donors (Lipinski definition) is 2. The lowest BCUT2D eigenvalue weighted by molar-refractivity contribution is 0.605. The summed E-state index contributed by atoms with van der Waals surface area (Å²) in [4.78, 5) is 7.80. The Morgan fingerprint density at radius 3 is 2.87 bits per heavy atom. The van der Waals surface area contributed by atoms with Crippen LogP contribution in [0.25, 0.3) is 0 Å². The highest BCUT2D eigenvalue weighted by molar-refractivity contribution is 7.94. The zero-order valence-corrected chi connectivity index (χ0v) is 8.61. The molecule has 0 radical (unpaired) electrons. The third kappa shape index (κ3) is 2.44. The van der Waals surface area contributed by atoms with Gasteiger partial charge in [0, 0.05) is 5.41 Å². The SMILES string of the molecule is Nc1cncc(NC2C=CS(=O)(=O)C2)n1. The third-order valence-electron chi connectivity index (χ3n) is 1.92. The lowest BCUT2D eigenvalue weighted by atomic mass is 10.3. The van der Waals surface area contributed by atoms with E-state index in [1.54, 1.807) is 6.08 Å². The standard InChI is InChI=1S/C8H10N4O2S/c9-7-3-10-4-8(12-7)11-6-1-2-15(13,14)5-6/h1-4,6H,5H2,(H3,9,11,12). The van der Waals surface area contributed by atoms with Crippen LogP contribution in [0.1, 0.15) is 0 Å². The number of nitrogens with zero attached hydrogens (tertiary/aromatic N) is 2. The highest BCUT2D eigenvalue weighted by atomic mass is 32.2. The minimum absolute atomic E-state index is 0.0451. The zero-order chi connectivity index (χ0) is 10.9. The molecular formula is C8H10N4O2S. The number of hydrogen-bond acceptors (Lipinski definition) is 6. The molecule has 1 aromatic heterocycles. The molecule has 1 atom stereocenters. The van der Waals surface area contributed by atoms with Crippen LogP contribution in [0.4, 0.5) is 11.6 Å². The van der Waals surface area contributed by atoms with Crippen LogP contribution in [0, 0.1) is 0 Å². The molecule has 15 heavy (non-hydrogen) atoms. The number of nitrogens with one attached hydrogen (secondary N) is 1. The Balaban J connectivity index is 2.09. The van der Waals surface area contributed by atoms with Crippen LogP contribution in [0.15, 0.2) is 23.9 Å². The fraction of sp³-hybridized carbons (Fsp3) is 0.250. The Kier molecular flexibility index (Phi) is 2.31. The van der Waals surface area contributed by atoms with E-state index in [1.165, 1.54) is 17.8 Å². The van der Waals surface area contributed by atoms with E-state index in [1.807, 2.05) is 0 Å². The van der Waals surface area contributed by atoms with E-state index in [0.29, 0.717) is 11.6 Å². The second-order valence-electron chi connectivity index (χ2n) is 3.24. The van der Waals surface area contributed by atoms with Crippen molar-refractivity contribution in [1.82, 2.24) is 9.97 Å². The van der Waals surface area contributed by atoms with Crippen LogP contribution in [-0.4, -0.2) is 30.2 Å². The van der Waals surface area contributed by atoms with Crippen LogP contribution < -0.4 is 11.1 Å². The van der Waals surface area contributed by atoms with Gasteiger partial charge in [0.2, 0.25) is 0 Å². The monoisotopic (exact) mass is 226 g/mol. The molecule has 1 aliphatic heterocycles. The highest BCUT2D eigenvalue weighted by Crippen LogP contribution is 2.13. The third-order valence-corrected chi connectivity index (χ3v) is 3.31. The van der Waals surface area contributed by atoms with Gasteiger partial charge in [-0.15, -0.1) is 0 Å². The molecule has 7 heteroatoms. The summed E-state index contributed by atoms with van der Waals surface area (Å²) in [6, 6.07) is -0.258. The molecule has 0 spiro atoms. The van der Waals surface area contributed by atoms with E-state index in [-0.39, 0.29) is 11.8 Å². The molecule has 0 aromatic carbocycles. The minimum atomic E-state index is -3.05. The predicted octanol–water partition coefficient (Wildman–Crippen LogP) is -0.219. The molecular weight excluding hydrogens is 216 g/mol. The first-order chi connectivity index (χ1) is 7.05. The maximum Gasteiger partial charge on any atom is 0.173 e. The van der Waals surface area contributed by atoms with Gasteiger partial charge in [-0.05, 0) is 6.08 Å². The van der Waals surface area contributed by atoms with E-state index in [0.717, 1.165) is 0 Å². The molecule has 0 amide bonds. The highest BCUT2D eigenvalue weighted by Gasteiger charge is 2.21. The summed E-state index contributed by atoms with van der Waals surface area (Å²) in [5.41, 5.74) is 5.44. The van der Waals surface area contributed by atoms with Gasteiger partial charge in [0.15, 0.2) is 9.84 Å². The molecule has 0 bridgehead atoms. The molecule has 80 valence electrons. The van der Waals surface area contributed by atoms with Crippen LogP contribution in [0.5, 0.6) is 0 Å². The molecule has 3 N–H and O–H groups in total. The Hall–Kier alpha value is -1.63. The van der Waals surface area contributed by atoms with Crippen molar-refractivity contribution in [2.45, 2.75) is 6.04 Å². The average Bonchev–Trinajstić information content (AvgIpc) is 2.45. The molecule has 0 saturated carbocycles. The molecule has 0 fully saturated rings. The maximum absolute atomic E-state index is 11.1. The molecule has 1 unspecified atom stereocenters. The van der Waals surface area contributed by atoms with Crippen molar-refractivity contribution in [1.29, 1.82) is 0 Å². The van der Waals surface area contributed by atoms with Gasteiger partial charge >= 0.3 is 0 Å². The van der Waals surface area contributed by atoms with Crippen molar-refractivity contribution in [3.63, 3.8) is 0 Å². The van der Waals surface area contributed by atoms with Crippen LogP contribution in [-0.2, 0) is 9.84 Å². The van der Waals surface area contributed by atoms with E-state index in [4.69, 9.17) is 5.73 Å². The summed E-state index contributed by atoms with van der Waals surface area (Å²) in [5.74, 6) is 0.815. The Bertz CT molecular complexity index is 497. The summed E-state index contributed by atoms with van der Waals surface area (Å²) in [5, 5.41) is 4.12. The molecule has 1 aliphatic rings. The van der Waals surface area contributed by atoms with Crippen LogP contribution >= 0.6 is 0 Å². The summed E-state index contributed by atoms with van der Waals surface area (Å²) < 4.78 is 22.2. The molecule has 2 rings (SSSR count). The van der Waals surface area contributed by atoms with Crippen molar-refractivity contribution >= 4 is 21.5 Å². The first-order valence-corrected chi connectivity index (χ1v) is 6.02. The van der Waals surface area contributed by atoms with Gasteiger partial charge in [-0.1, -0.05) is 0 Å². The second kappa shape index (κ2) is 3.50. The van der Waals surface area contributed by atoms with Gasteiger partial charge in [0.1, 0.15) is 11.6 Å². The topological polar surface area (TPSA) is 98.0 Å². The zero-order valence-electron chi connectivity index (χ0n) is 7.79. The first-order valence-electron chi connectivity index (χ1n) is 4.30. The fourth-order valence-corrected chi connectivity index (χ4v) is 2.54. The molecule has 1 aromatic rings. The first kappa shape index (κ1) is 9.91. The van der Waals surface area contributed by atoms with Gasteiger partial charge in [-0.3, -0.25) is 4.98 Å². The molecule has 0 saturated heterocycles. The maximum atomic E-state index is 11.1. The van der Waals surface area contributed by atoms with Crippen molar-refractivity contribution in [3.8, 4) is 0 Å². The summed E-state index contributed by atoms with van der Waals surface area (Å²) in [7, 11) is -3.05. The number of nitrogens with two attached hydrogens (primary N) is 1. The fourth-order valence-electron chi connectivity index (χ4n) is 1.31. The van der Waals surface area contributed by atoms with Gasteiger partial charge < -0.3 is 11.1 Å².